The highest BCUT2D eigenvalue weighted by Gasteiger charge is 2.36. The number of nitrogens with one attached hydrogen (secondary N) is 1. The van der Waals surface area contributed by atoms with Crippen molar-refractivity contribution >= 4 is 62.3 Å². The van der Waals surface area contributed by atoms with Crippen molar-refractivity contribution < 1.29 is 18.0 Å². The van der Waals surface area contributed by atoms with Crippen molar-refractivity contribution in [2.24, 2.45) is 5.92 Å². The Kier molecular flexibility index (Phi) is 9.26. The summed E-state index contributed by atoms with van der Waals surface area (Å²) in [6.45, 7) is 1.14. The molecule has 2 amide bonds. The predicted molar refractivity (Wildman–Crippen MR) is 162 cm³/mol. The SMILES string of the molecule is O=C(Nc1cc(Cl)cc(Cl)c1)C1CCCN1C(=O)c1ccc(Cl)c(S(=O)(=O)N2CCC(Cc3ccccc3)CC2)c1. The van der Waals surface area contributed by atoms with Crippen LogP contribution in [0, 0.1) is 5.92 Å². The molecule has 0 saturated carbocycles. The highest BCUT2D eigenvalue weighted by molar-refractivity contribution is 7.89. The zero-order valence-electron chi connectivity index (χ0n) is 22.2. The first-order valence-corrected chi connectivity index (χ1v) is 16.1. The summed E-state index contributed by atoms with van der Waals surface area (Å²) in [4.78, 5) is 28.0. The summed E-state index contributed by atoms with van der Waals surface area (Å²) in [5.74, 6) is -0.399. The first-order chi connectivity index (χ1) is 19.6. The lowest BCUT2D eigenvalue weighted by atomic mass is 9.91. The Morgan fingerprint density at radius 2 is 1.54 bits per heavy atom. The Morgan fingerprint density at radius 3 is 2.22 bits per heavy atom. The third-order valence-electron chi connectivity index (χ3n) is 7.68. The standard InChI is InChI=1S/C30H30Cl3N3O4S/c31-23-17-24(32)19-25(18-23)34-29(37)27-7-4-12-36(27)30(38)22-8-9-26(33)28(16-22)41(39,40)35-13-10-21(11-14-35)15-20-5-2-1-3-6-20/h1-3,5-6,8-9,16-19,21,27H,4,7,10-15H2,(H,34,37). The number of carbonyl (C=O) groups excluding carboxylic acids is 2. The molecule has 1 N–H and O–H groups in total. The molecule has 2 fully saturated rings. The molecule has 2 heterocycles. The van der Waals surface area contributed by atoms with Gasteiger partial charge in [-0.3, -0.25) is 9.59 Å². The van der Waals surface area contributed by atoms with Crippen molar-refractivity contribution in [1.82, 2.24) is 9.21 Å². The third kappa shape index (κ3) is 6.89. The van der Waals surface area contributed by atoms with Gasteiger partial charge in [-0.05, 0) is 80.0 Å². The van der Waals surface area contributed by atoms with E-state index < -0.39 is 22.0 Å². The smallest absolute Gasteiger partial charge is 0.254 e. The topological polar surface area (TPSA) is 86.8 Å². The van der Waals surface area contributed by atoms with Crippen molar-refractivity contribution in [3.8, 4) is 0 Å². The Labute approximate surface area is 255 Å². The fraction of sp³-hybridized carbons (Fsp3) is 0.333. The van der Waals surface area contributed by atoms with Gasteiger partial charge in [-0.15, -0.1) is 0 Å². The maximum atomic E-state index is 13.6. The van der Waals surface area contributed by atoms with Gasteiger partial charge in [0, 0.05) is 40.9 Å². The number of amides is 2. The zero-order chi connectivity index (χ0) is 29.1. The quantitative estimate of drug-likeness (QED) is 0.320. The summed E-state index contributed by atoms with van der Waals surface area (Å²) in [7, 11) is -3.92. The van der Waals surface area contributed by atoms with Gasteiger partial charge in [0.2, 0.25) is 15.9 Å². The van der Waals surface area contributed by atoms with Crippen LogP contribution >= 0.6 is 34.8 Å². The predicted octanol–water partition coefficient (Wildman–Crippen LogP) is 6.53. The second-order valence-corrected chi connectivity index (χ2v) is 13.7. The Morgan fingerprint density at radius 1 is 0.854 bits per heavy atom. The summed E-state index contributed by atoms with van der Waals surface area (Å²) in [6, 6.07) is 18.4. The molecule has 0 aliphatic carbocycles. The molecule has 2 aliphatic rings. The van der Waals surface area contributed by atoms with E-state index in [-0.39, 0.29) is 21.4 Å². The first kappa shape index (κ1) is 29.9. The molecular formula is C30H30Cl3N3O4S. The Bertz CT molecular complexity index is 1520. The van der Waals surface area contributed by atoms with E-state index >= 15 is 0 Å². The maximum Gasteiger partial charge on any atom is 0.254 e. The summed E-state index contributed by atoms with van der Waals surface area (Å²) >= 11 is 18.5. The number of piperidine rings is 1. The van der Waals surface area contributed by atoms with Gasteiger partial charge < -0.3 is 10.2 Å². The largest absolute Gasteiger partial charge is 0.327 e. The molecule has 2 saturated heterocycles. The molecule has 1 unspecified atom stereocenters. The Balaban J connectivity index is 1.28. The molecule has 0 aromatic heterocycles. The van der Waals surface area contributed by atoms with Crippen LogP contribution in [0.25, 0.3) is 0 Å². The van der Waals surface area contributed by atoms with Gasteiger partial charge in [-0.2, -0.15) is 4.31 Å². The number of carbonyl (C=O) groups is 2. The molecule has 11 heteroatoms. The molecule has 0 radical (unpaired) electrons. The summed E-state index contributed by atoms with van der Waals surface area (Å²) < 4.78 is 28.7. The van der Waals surface area contributed by atoms with Crippen molar-refractivity contribution in [2.75, 3.05) is 25.0 Å². The number of anilines is 1. The lowest BCUT2D eigenvalue weighted by Gasteiger charge is -2.31. The number of halogens is 3. The fourth-order valence-electron chi connectivity index (χ4n) is 5.57. The number of benzene rings is 3. The molecule has 2 aliphatic heterocycles. The van der Waals surface area contributed by atoms with Crippen LogP contribution in [0.3, 0.4) is 0 Å². The molecule has 41 heavy (non-hydrogen) atoms. The van der Waals surface area contributed by atoms with E-state index in [4.69, 9.17) is 34.8 Å². The molecule has 5 rings (SSSR count). The van der Waals surface area contributed by atoms with Gasteiger partial charge in [-0.25, -0.2) is 8.42 Å². The lowest BCUT2D eigenvalue weighted by Crippen LogP contribution is -2.43. The average Bonchev–Trinajstić information content (AvgIpc) is 3.43. The number of likely N-dealkylation sites (tertiary alicyclic amines) is 1. The second-order valence-electron chi connectivity index (χ2n) is 10.5. The zero-order valence-corrected chi connectivity index (χ0v) is 25.3. The minimum absolute atomic E-state index is 0.0570. The van der Waals surface area contributed by atoms with E-state index in [1.165, 1.54) is 33.0 Å². The van der Waals surface area contributed by atoms with Gasteiger partial charge in [0.1, 0.15) is 10.9 Å². The highest BCUT2D eigenvalue weighted by atomic mass is 35.5. The monoisotopic (exact) mass is 633 g/mol. The fourth-order valence-corrected chi connectivity index (χ4v) is 8.07. The summed E-state index contributed by atoms with van der Waals surface area (Å²) in [6.07, 6.45) is 3.51. The minimum Gasteiger partial charge on any atom is -0.327 e. The van der Waals surface area contributed by atoms with Gasteiger partial charge in [0.15, 0.2) is 0 Å². The van der Waals surface area contributed by atoms with Crippen molar-refractivity contribution in [2.45, 2.75) is 43.0 Å². The van der Waals surface area contributed by atoms with Crippen molar-refractivity contribution in [3.05, 3.63) is 92.9 Å². The third-order valence-corrected chi connectivity index (χ3v) is 10.5. The number of sulfonamides is 1. The van der Waals surface area contributed by atoms with Gasteiger partial charge in [0.25, 0.3) is 5.91 Å². The number of hydrogen-bond donors (Lipinski definition) is 1. The number of hydrogen-bond acceptors (Lipinski definition) is 4. The van der Waals surface area contributed by atoms with Gasteiger partial charge in [0.05, 0.1) is 5.02 Å². The van der Waals surface area contributed by atoms with Crippen LogP contribution in [0.15, 0.2) is 71.6 Å². The molecule has 7 nitrogen and oxygen atoms in total. The lowest BCUT2D eigenvalue weighted by molar-refractivity contribution is -0.119. The molecule has 0 bridgehead atoms. The first-order valence-electron chi connectivity index (χ1n) is 13.5. The van der Waals surface area contributed by atoms with Crippen LogP contribution in [0.5, 0.6) is 0 Å². The molecule has 216 valence electrons. The van der Waals surface area contributed by atoms with E-state index in [0.717, 1.165) is 19.3 Å². The van der Waals surface area contributed by atoms with Crippen LogP contribution in [-0.2, 0) is 21.2 Å². The summed E-state index contributed by atoms with van der Waals surface area (Å²) in [5.41, 5.74) is 1.84. The van der Waals surface area contributed by atoms with Crippen molar-refractivity contribution in [1.29, 1.82) is 0 Å². The number of nitrogens with zero attached hydrogens (tertiary/aromatic N) is 2. The van der Waals surface area contributed by atoms with Crippen molar-refractivity contribution in [3.63, 3.8) is 0 Å². The molecular weight excluding hydrogens is 605 g/mol. The normalized spacial score (nSPS) is 18.4. The van der Waals surface area contributed by atoms with E-state index in [1.807, 2.05) is 18.2 Å². The highest BCUT2D eigenvalue weighted by Crippen LogP contribution is 2.32. The second kappa shape index (κ2) is 12.7. The van der Waals surface area contributed by atoms with Crippen LogP contribution in [-0.4, -0.2) is 55.1 Å². The van der Waals surface area contributed by atoms with Gasteiger partial charge in [-0.1, -0.05) is 65.1 Å². The molecule has 1 atom stereocenters. The maximum absolute atomic E-state index is 13.6. The van der Waals surface area contributed by atoms with E-state index in [2.05, 4.69) is 17.4 Å². The average molecular weight is 635 g/mol. The van der Waals surface area contributed by atoms with E-state index in [9.17, 15) is 18.0 Å². The minimum atomic E-state index is -3.92. The van der Waals surface area contributed by atoms with Crippen LogP contribution in [0.1, 0.15) is 41.6 Å². The molecule has 3 aromatic rings. The van der Waals surface area contributed by atoms with E-state index in [1.54, 1.807) is 18.2 Å². The van der Waals surface area contributed by atoms with Crippen LogP contribution in [0.4, 0.5) is 5.69 Å². The van der Waals surface area contributed by atoms with E-state index in [0.29, 0.717) is 54.1 Å². The van der Waals surface area contributed by atoms with Crippen LogP contribution < -0.4 is 5.32 Å². The van der Waals surface area contributed by atoms with Crippen LogP contribution in [0.2, 0.25) is 15.1 Å². The number of rotatable bonds is 7. The van der Waals surface area contributed by atoms with Gasteiger partial charge >= 0.3 is 0 Å². The molecule has 3 aromatic carbocycles. The Hall–Kier alpha value is -2.62. The summed E-state index contributed by atoms with van der Waals surface area (Å²) in [5, 5.41) is 3.59. The molecule has 0 spiro atoms.